The summed E-state index contributed by atoms with van der Waals surface area (Å²) < 4.78 is 27.7. The van der Waals surface area contributed by atoms with Crippen LogP contribution in [0.25, 0.3) is 10.2 Å². The number of halogens is 2. The molecule has 0 radical (unpaired) electrons. The standard InChI is InChI=1S/C21H22F2N4O3S2/c1-10(2)27-20(30)18-11(3)12(4)32-19(18)26-21(27)31-9-17(29)24-8-16(28)25-13-5-6-14(22)15(23)7-13/h5-7,10H,8-9H2,1-4H3,(H,24,29)(H,25,28). The van der Waals surface area contributed by atoms with Crippen LogP contribution in [-0.4, -0.2) is 33.7 Å². The summed E-state index contributed by atoms with van der Waals surface area (Å²) in [6, 6.07) is 2.82. The summed E-state index contributed by atoms with van der Waals surface area (Å²) in [7, 11) is 0. The number of aryl methyl sites for hydroxylation is 2. The number of benzene rings is 1. The van der Waals surface area contributed by atoms with Crippen molar-refractivity contribution >= 4 is 50.8 Å². The molecule has 0 bridgehead atoms. The van der Waals surface area contributed by atoms with Crippen LogP contribution in [0.2, 0.25) is 0 Å². The third kappa shape index (κ3) is 5.16. The highest BCUT2D eigenvalue weighted by atomic mass is 32.2. The quantitative estimate of drug-likeness (QED) is 0.397. The van der Waals surface area contributed by atoms with Gasteiger partial charge in [0.2, 0.25) is 11.8 Å². The molecule has 11 heteroatoms. The molecule has 0 aliphatic heterocycles. The van der Waals surface area contributed by atoms with E-state index in [0.29, 0.717) is 15.4 Å². The summed E-state index contributed by atoms with van der Waals surface area (Å²) in [5.41, 5.74) is 0.858. The Morgan fingerprint density at radius 1 is 1.19 bits per heavy atom. The number of fused-ring (bicyclic) bond motifs is 1. The van der Waals surface area contributed by atoms with E-state index in [9.17, 15) is 23.2 Å². The van der Waals surface area contributed by atoms with E-state index < -0.39 is 23.4 Å². The highest BCUT2D eigenvalue weighted by Gasteiger charge is 2.19. The van der Waals surface area contributed by atoms with Crippen molar-refractivity contribution < 1.29 is 18.4 Å². The molecule has 0 spiro atoms. The van der Waals surface area contributed by atoms with Crippen LogP contribution in [0, 0.1) is 25.5 Å². The van der Waals surface area contributed by atoms with Crippen molar-refractivity contribution in [1.29, 1.82) is 0 Å². The maximum atomic E-state index is 13.2. The van der Waals surface area contributed by atoms with Gasteiger partial charge in [-0.25, -0.2) is 13.8 Å². The van der Waals surface area contributed by atoms with Gasteiger partial charge in [0, 0.05) is 22.7 Å². The Morgan fingerprint density at radius 3 is 2.56 bits per heavy atom. The summed E-state index contributed by atoms with van der Waals surface area (Å²) in [6.07, 6.45) is 0. The number of nitrogens with one attached hydrogen (secondary N) is 2. The van der Waals surface area contributed by atoms with E-state index in [1.54, 1.807) is 4.57 Å². The van der Waals surface area contributed by atoms with Gasteiger partial charge in [-0.2, -0.15) is 0 Å². The summed E-state index contributed by atoms with van der Waals surface area (Å²) in [5.74, 6) is -3.17. The summed E-state index contributed by atoms with van der Waals surface area (Å²) in [5, 5.41) is 5.87. The topological polar surface area (TPSA) is 93.1 Å². The Hall–Kier alpha value is -2.79. The van der Waals surface area contributed by atoms with Gasteiger partial charge in [-0.1, -0.05) is 11.8 Å². The van der Waals surface area contributed by atoms with Crippen LogP contribution in [0.15, 0.2) is 28.2 Å². The van der Waals surface area contributed by atoms with E-state index in [4.69, 9.17) is 0 Å². The van der Waals surface area contributed by atoms with E-state index in [1.165, 1.54) is 17.4 Å². The average molecular weight is 481 g/mol. The van der Waals surface area contributed by atoms with E-state index >= 15 is 0 Å². The highest BCUT2D eigenvalue weighted by molar-refractivity contribution is 7.99. The molecule has 2 amide bonds. The van der Waals surface area contributed by atoms with E-state index in [0.717, 1.165) is 34.3 Å². The average Bonchev–Trinajstić information content (AvgIpc) is 3.01. The number of carbonyl (C=O) groups excluding carboxylic acids is 2. The van der Waals surface area contributed by atoms with Crippen LogP contribution in [0.4, 0.5) is 14.5 Å². The van der Waals surface area contributed by atoms with E-state index in [2.05, 4.69) is 15.6 Å². The normalized spacial score (nSPS) is 11.2. The molecule has 0 aliphatic carbocycles. The van der Waals surface area contributed by atoms with Gasteiger partial charge in [-0.15, -0.1) is 11.3 Å². The predicted molar refractivity (Wildman–Crippen MR) is 122 cm³/mol. The van der Waals surface area contributed by atoms with Gasteiger partial charge in [-0.05, 0) is 45.4 Å². The first-order chi connectivity index (χ1) is 15.1. The number of rotatable bonds is 7. The smallest absolute Gasteiger partial charge is 0.263 e. The second kappa shape index (κ2) is 9.78. The number of hydrogen-bond donors (Lipinski definition) is 2. The molecule has 2 heterocycles. The Labute approximate surface area is 191 Å². The molecule has 2 N–H and O–H groups in total. The van der Waals surface area contributed by atoms with Crippen molar-refractivity contribution in [2.75, 3.05) is 17.6 Å². The summed E-state index contributed by atoms with van der Waals surface area (Å²) >= 11 is 2.55. The molecule has 0 atom stereocenters. The Balaban J connectivity index is 1.64. The van der Waals surface area contributed by atoms with Crippen LogP contribution in [0.3, 0.4) is 0 Å². The van der Waals surface area contributed by atoms with Crippen molar-refractivity contribution in [2.24, 2.45) is 0 Å². The number of anilines is 1. The van der Waals surface area contributed by atoms with Crippen molar-refractivity contribution in [3.63, 3.8) is 0 Å². The molecule has 2 aromatic heterocycles. The lowest BCUT2D eigenvalue weighted by atomic mass is 10.2. The molecule has 0 saturated heterocycles. The minimum Gasteiger partial charge on any atom is -0.346 e. The SMILES string of the molecule is Cc1sc2nc(SCC(=O)NCC(=O)Nc3ccc(F)c(F)c3)n(C(C)C)c(=O)c2c1C. The Bertz CT molecular complexity index is 1250. The lowest BCUT2D eigenvalue weighted by Crippen LogP contribution is -2.34. The summed E-state index contributed by atoms with van der Waals surface area (Å²) in [6.45, 7) is 7.23. The third-order valence-corrected chi connectivity index (χ3v) is 6.75. The van der Waals surface area contributed by atoms with E-state index in [-0.39, 0.29) is 29.6 Å². The van der Waals surface area contributed by atoms with Crippen molar-refractivity contribution in [2.45, 2.75) is 38.9 Å². The number of carbonyl (C=O) groups is 2. The monoisotopic (exact) mass is 480 g/mol. The largest absolute Gasteiger partial charge is 0.346 e. The first-order valence-electron chi connectivity index (χ1n) is 9.75. The molecule has 3 aromatic rings. The number of amides is 2. The van der Waals surface area contributed by atoms with Gasteiger partial charge in [-0.3, -0.25) is 19.0 Å². The van der Waals surface area contributed by atoms with Gasteiger partial charge in [0.15, 0.2) is 16.8 Å². The molecule has 32 heavy (non-hydrogen) atoms. The molecule has 7 nitrogen and oxygen atoms in total. The molecular weight excluding hydrogens is 458 g/mol. The minimum atomic E-state index is -1.08. The fraction of sp³-hybridized carbons (Fsp3) is 0.333. The third-order valence-electron chi connectivity index (χ3n) is 4.70. The highest BCUT2D eigenvalue weighted by Crippen LogP contribution is 2.29. The second-order valence-corrected chi connectivity index (χ2v) is 9.51. The van der Waals surface area contributed by atoms with Gasteiger partial charge in [0.05, 0.1) is 17.7 Å². The minimum absolute atomic E-state index is 0.0491. The van der Waals surface area contributed by atoms with Crippen molar-refractivity contribution in [1.82, 2.24) is 14.9 Å². The lowest BCUT2D eigenvalue weighted by molar-refractivity contribution is -0.122. The fourth-order valence-corrected chi connectivity index (χ4v) is 5.01. The molecule has 0 fully saturated rings. The molecule has 0 aliphatic rings. The first kappa shape index (κ1) is 23.9. The molecule has 0 saturated carbocycles. The van der Waals surface area contributed by atoms with Gasteiger partial charge >= 0.3 is 0 Å². The predicted octanol–water partition coefficient (Wildman–Crippen LogP) is 3.78. The molecule has 3 rings (SSSR count). The van der Waals surface area contributed by atoms with E-state index in [1.807, 2.05) is 27.7 Å². The van der Waals surface area contributed by atoms with Crippen LogP contribution in [-0.2, 0) is 9.59 Å². The molecule has 170 valence electrons. The van der Waals surface area contributed by atoms with Gasteiger partial charge in [0.1, 0.15) is 4.83 Å². The zero-order valence-electron chi connectivity index (χ0n) is 17.9. The van der Waals surface area contributed by atoms with Crippen LogP contribution < -0.4 is 16.2 Å². The van der Waals surface area contributed by atoms with Crippen LogP contribution in [0.1, 0.15) is 30.3 Å². The lowest BCUT2D eigenvalue weighted by Gasteiger charge is -2.15. The van der Waals surface area contributed by atoms with Crippen molar-refractivity contribution in [3.8, 4) is 0 Å². The fourth-order valence-electron chi connectivity index (χ4n) is 2.98. The van der Waals surface area contributed by atoms with Crippen molar-refractivity contribution in [3.05, 3.63) is 50.6 Å². The number of nitrogens with zero attached hydrogens (tertiary/aromatic N) is 2. The molecule has 0 unspecified atom stereocenters. The van der Waals surface area contributed by atoms with Gasteiger partial charge in [0.25, 0.3) is 5.56 Å². The van der Waals surface area contributed by atoms with Crippen LogP contribution in [0.5, 0.6) is 0 Å². The number of thiophene rings is 1. The number of thioether (sulfide) groups is 1. The maximum Gasteiger partial charge on any atom is 0.263 e. The zero-order valence-corrected chi connectivity index (χ0v) is 19.5. The maximum absolute atomic E-state index is 13.2. The Kier molecular flexibility index (Phi) is 7.29. The Morgan fingerprint density at radius 2 is 1.91 bits per heavy atom. The summed E-state index contributed by atoms with van der Waals surface area (Å²) in [4.78, 5) is 43.4. The molecular formula is C21H22F2N4O3S2. The van der Waals surface area contributed by atoms with Gasteiger partial charge < -0.3 is 10.6 Å². The second-order valence-electron chi connectivity index (χ2n) is 7.37. The molecule has 1 aromatic carbocycles. The van der Waals surface area contributed by atoms with Crippen LogP contribution >= 0.6 is 23.1 Å². The first-order valence-corrected chi connectivity index (χ1v) is 11.5. The number of aromatic nitrogens is 2. The zero-order chi connectivity index (χ0) is 23.6. The number of hydrogen-bond acceptors (Lipinski definition) is 6.